The molecule has 1 aromatic carbocycles. The first-order valence-corrected chi connectivity index (χ1v) is 5.95. The van der Waals surface area contributed by atoms with Crippen LogP contribution in [0.1, 0.15) is 16.2 Å². The van der Waals surface area contributed by atoms with Gasteiger partial charge in [0.15, 0.2) is 17.2 Å². The smallest absolute Gasteiger partial charge is 0.276 e. The first-order chi connectivity index (χ1) is 9.22. The van der Waals surface area contributed by atoms with Crippen molar-refractivity contribution in [3.05, 3.63) is 35.7 Å². The molecule has 0 saturated carbocycles. The van der Waals surface area contributed by atoms with Crippen molar-refractivity contribution in [3.8, 4) is 11.5 Å². The monoisotopic (exact) mass is 259 g/mol. The minimum atomic E-state index is -0.263. The number of aromatic nitrogens is 2. The Morgan fingerprint density at radius 1 is 1.26 bits per heavy atom. The van der Waals surface area contributed by atoms with Crippen molar-refractivity contribution in [2.75, 3.05) is 18.5 Å². The summed E-state index contributed by atoms with van der Waals surface area (Å²) in [5, 5.41) is 9.40. The number of nitrogens with one attached hydrogen (secondary N) is 2. The minimum absolute atomic E-state index is 0.263. The second-order valence-electron chi connectivity index (χ2n) is 4.25. The van der Waals surface area contributed by atoms with Gasteiger partial charge in [0.2, 0.25) is 0 Å². The van der Waals surface area contributed by atoms with E-state index in [-0.39, 0.29) is 5.91 Å². The summed E-state index contributed by atoms with van der Waals surface area (Å²) in [6.45, 7) is 2.90. The van der Waals surface area contributed by atoms with Crippen molar-refractivity contribution in [3.63, 3.8) is 0 Å². The van der Waals surface area contributed by atoms with Gasteiger partial charge in [0.05, 0.1) is 0 Å². The highest BCUT2D eigenvalue weighted by Crippen LogP contribution is 2.32. The number of aromatic amines is 1. The molecule has 0 spiro atoms. The molecular weight excluding hydrogens is 246 g/mol. The Bertz CT molecular complexity index is 621. The van der Waals surface area contributed by atoms with E-state index in [0.29, 0.717) is 36.1 Å². The number of carbonyl (C=O) groups excluding carboxylic acids is 1. The number of rotatable bonds is 2. The zero-order valence-electron chi connectivity index (χ0n) is 10.4. The van der Waals surface area contributed by atoms with E-state index in [4.69, 9.17) is 9.47 Å². The SMILES string of the molecule is Cc1cc(C(=O)Nc2ccc3c(c2)OCCO3)n[nH]1. The number of ether oxygens (including phenoxy) is 2. The summed E-state index contributed by atoms with van der Waals surface area (Å²) in [5.74, 6) is 1.07. The number of aryl methyl sites for hydroxylation is 1. The van der Waals surface area contributed by atoms with Crippen LogP contribution in [0.2, 0.25) is 0 Å². The lowest BCUT2D eigenvalue weighted by Crippen LogP contribution is -2.16. The number of nitrogens with zero attached hydrogens (tertiary/aromatic N) is 1. The average molecular weight is 259 g/mol. The topological polar surface area (TPSA) is 76.2 Å². The fourth-order valence-electron chi connectivity index (χ4n) is 1.85. The van der Waals surface area contributed by atoms with Crippen molar-refractivity contribution in [2.24, 2.45) is 0 Å². The lowest BCUT2D eigenvalue weighted by Gasteiger charge is -2.18. The molecule has 1 aliphatic heterocycles. The van der Waals surface area contributed by atoms with E-state index < -0.39 is 0 Å². The number of amides is 1. The van der Waals surface area contributed by atoms with Crippen LogP contribution < -0.4 is 14.8 Å². The number of hydrogen-bond acceptors (Lipinski definition) is 4. The molecule has 6 nitrogen and oxygen atoms in total. The second kappa shape index (κ2) is 4.64. The summed E-state index contributed by atoms with van der Waals surface area (Å²) < 4.78 is 10.9. The molecule has 0 radical (unpaired) electrons. The third kappa shape index (κ3) is 2.37. The average Bonchev–Trinajstić information content (AvgIpc) is 2.85. The lowest BCUT2D eigenvalue weighted by atomic mass is 10.2. The van der Waals surface area contributed by atoms with Crippen LogP contribution in [0.4, 0.5) is 5.69 Å². The van der Waals surface area contributed by atoms with Crippen molar-refractivity contribution in [1.29, 1.82) is 0 Å². The van der Waals surface area contributed by atoms with Gasteiger partial charge in [0.25, 0.3) is 5.91 Å². The molecule has 2 heterocycles. The molecule has 1 aromatic heterocycles. The minimum Gasteiger partial charge on any atom is -0.486 e. The van der Waals surface area contributed by atoms with Crippen LogP contribution in [0.3, 0.4) is 0 Å². The Hall–Kier alpha value is -2.50. The number of H-pyrrole nitrogens is 1. The van der Waals surface area contributed by atoms with Gasteiger partial charge in [-0.15, -0.1) is 0 Å². The van der Waals surface area contributed by atoms with E-state index in [0.717, 1.165) is 5.69 Å². The van der Waals surface area contributed by atoms with E-state index in [1.165, 1.54) is 0 Å². The fraction of sp³-hybridized carbons (Fsp3) is 0.231. The third-order valence-corrected chi connectivity index (χ3v) is 2.74. The lowest BCUT2D eigenvalue weighted by molar-refractivity contribution is 0.102. The van der Waals surface area contributed by atoms with E-state index in [2.05, 4.69) is 15.5 Å². The highest BCUT2D eigenvalue weighted by Gasteiger charge is 2.14. The number of hydrogen-bond donors (Lipinski definition) is 2. The Kier molecular flexibility index (Phi) is 2.83. The van der Waals surface area contributed by atoms with E-state index >= 15 is 0 Å². The van der Waals surface area contributed by atoms with Crippen molar-refractivity contribution in [1.82, 2.24) is 10.2 Å². The standard InChI is InChI=1S/C13H13N3O3/c1-8-6-10(16-15-8)13(17)14-9-2-3-11-12(7-9)19-5-4-18-11/h2-3,6-7H,4-5H2,1H3,(H,14,17)(H,15,16). The molecule has 0 aliphatic carbocycles. The molecular formula is C13H13N3O3. The number of anilines is 1. The van der Waals surface area contributed by atoms with Crippen molar-refractivity contribution >= 4 is 11.6 Å². The zero-order chi connectivity index (χ0) is 13.2. The molecule has 1 aliphatic rings. The summed E-state index contributed by atoms with van der Waals surface area (Å²) >= 11 is 0. The van der Waals surface area contributed by atoms with Gasteiger partial charge in [0, 0.05) is 17.4 Å². The molecule has 0 saturated heterocycles. The molecule has 1 amide bonds. The van der Waals surface area contributed by atoms with Crippen LogP contribution in [-0.2, 0) is 0 Å². The van der Waals surface area contributed by atoms with Crippen LogP contribution in [-0.4, -0.2) is 29.3 Å². The van der Waals surface area contributed by atoms with Crippen molar-refractivity contribution < 1.29 is 14.3 Å². The Labute approximate surface area is 109 Å². The molecule has 0 fully saturated rings. The molecule has 0 atom stereocenters. The van der Waals surface area contributed by atoms with Gasteiger partial charge in [0.1, 0.15) is 13.2 Å². The summed E-state index contributed by atoms with van der Waals surface area (Å²) in [7, 11) is 0. The highest BCUT2D eigenvalue weighted by molar-refractivity contribution is 6.03. The maximum Gasteiger partial charge on any atom is 0.276 e. The molecule has 2 N–H and O–H groups in total. The van der Waals surface area contributed by atoms with Gasteiger partial charge in [-0.3, -0.25) is 9.89 Å². The van der Waals surface area contributed by atoms with Crippen LogP contribution in [0.15, 0.2) is 24.3 Å². The first kappa shape index (κ1) is 11.6. The summed E-state index contributed by atoms with van der Waals surface area (Å²) in [6.07, 6.45) is 0. The summed E-state index contributed by atoms with van der Waals surface area (Å²) in [4.78, 5) is 11.9. The van der Waals surface area contributed by atoms with Crippen molar-refractivity contribution in [2.45, 2.75) is 6.92 Å². The second-order valence-corrected chi connectivity index (χ2v) is 4.25. The van der Waals surface area contributed by atoms with Crippen LogP contribution in [0.5, 0.6) is 11.5 Å². The van der Waals surface area contributed by atoms with Gasteiger partial charge in [-0.25, -0.2) is 0 Å². The van der Waals surface area contributed by atoms with Gasteiger partial charge >= 0.3 is 0 Å². The predicted octanol–water partition coefficient (Wildman–Crippen LogP) is 1.74. The number of carbonyl (C=O) groups is 1. The zero-order valence-corrected chi connectivity index (χ0v) is 10.4. The van der Waals surface area contributed by atoms with Crippen LogP contribution >= 0.6 is 0 Å². The Morgan fingerprint density at radius 2 is 2.05 bits per heavy atom. The van der Waals surface area contributed by atoms with E-state index in [1.807, 2.05) is 6.92 Å². The van der Waals surface area contributed by atoms with Gasteiger partial charge < -0.3 is 14.8 Å². The maximum atomic E-state index is 11.9. The molecule has 2 aromatic rings. The molecule has 3 rings (SSSR count). The molecule has 19 heavy (non-hydrogen) atoms. The quantitative estimate of drug-likeness (QED) is 0.861. The molecule has 0 bridgehead atoms. The summed E-state index contributed by atoms with van der Waals surface area (Å²) in [5.41, 5.74) is 1.84. The third-order valence-electron chi connectivity index (χ3n) is 2.74. The van der Waals surface area contributed by atoms with E-state index in [1.54, 1.807) is 24.3 Å². The largest absolute Gasteiger partial charge is 0.486 e. The Morgan fingerprint density at radius 3 is 2.79 bits per heavy atom. The van der Waals surface area contributed by atoms with Gasteiger partial charge in [-0.2, -0.15) is 5.10 Å². The molecule has 6 heteroatoms. The fourth-order valence-corrected chi connectivity index (χ4v) is 1.85. The Balaban J connectivity index is 1.78. The number of benzene rings is 1. The molecule has 0 unspecified atom stereocenters. The van der Waals surface area contributed by atoms with Gasteiger partial charge in [-0.1, -0.05) is 0 Å². The normalized spacial score (nSPS) is 13.1. The van der Waals surface area contributed by atoms with Crippen LogP contribution in [0.25, 0.3) is 0 Å². The first-order valence-electron chi connectivity index (χ1n) is 5.95. The van der Waals surface area contributed by atoms with Gasteiger partial charge in [-0.05, 0) is 25.1 Å². The van der Waals surface area contributed by atoms with E-state index in [9.17, 15) is 4.79 Å². The maximum absolute atomic E-state index is 11.9. The predicted molar refractivity (Wildman–Crippen MR) is 68.7 cm³/mol. The van der Waals surface area contributed by atoms with Crippen LogP contribution in [0, 0.1) is 6.92 Å². The highest BCUT2D eigenvalue weighted by atomic mass is 16.6. The number of fused-ring (bicyclic) bond motifs is 1. The summed E-state index contributed by atoms with van der Waals surface area (Å²) in [6, 6.07) is 6.98. The molecule has 98 valence electrons.